The zero-order valence-corrected chi connectivity index (χ0v) is 14.4. The van der Waals surface area contributed by atoms with E-state index in [1.165, 1.54) is 22.4 Å². The molecule has 0 radical (unpaired) electrons. The fourth-order valence-corrected chi connectivity index (χ4v) is 3.37. The van der Waals surface area contributed by atoms with Crippen molar-refractivity contribution in [2.75, 3.05) is 6.54 Å². The van der Waals surface area contributed by atoms with Crippen molar-refractivity contribution >= 4 is 0 Å². The number of rotatable bonds is 2. The molecule has 0 amide bonds. The van der Waals surface area contributed by atoms with Gasteiger partial charge in [0.2, 0.25) is 0 Å². The van der Waals surface area contributed by atoms with Crippen molar-refractivity contribution in [3.63, 3.8) is 0 Å². The highest BCUT2D eigenvalue weighted by atomic mass is 15.3. The third-order valence-corrected chi connectivity index (χ3v) is 4.16. The van der Waals surface area contributed by atoms with Crippen LogP contribution in [0.15, 0.2) is 30.5 Å². The largest absolute Gasteiger partial charge is 0.294 e. The molecule has 3 heteroatoms. The standard InChI is InChI=1S/C19H27N3/c1-14(2)11-21-12-15-8-6-7-9-17(15)18-16(13-21)10-20-22(18)19(3,4)5/h6-10,14H,11-13H2,1-5H3. The molecule has 1 aromatic carbocycles. The summed E-state index contributed by atoms with van der Waals surface area (Å²) in [6.45, 7) is 14.4. The van der Waals surface area contributed by atoms with E-state index in [1.54, 1.807) is 0 Å². The molecule has 0 bridgehead atoms. The van der Waals surface area contributed by atoms with Gasteiger partial charge in [-0.1, -0.05) is 38.1 Å². The molecule has 118 valence electrons. The van der Waals surface area contributed by atoms with Gasteiger partial charge in [0.05, 0.1) is 17.4 Å². The van der Waals surface area contributed by atoms with Crippen molar-refractivity contribution in [1.29, 1.82) is 0 Å². The summed E-state index contributed by atoms with van der Waals surface area (Å²) in [6, 6.07) is 8.80. The Morgan fingerprint density at radius 2 is 1.77 bits per heavy atom. The molecule has 0 N–H and O–H groups in total. The Morgan fingerprint density at radius 1 is 1.09 bits per heavy atom. The van der Waals surface area contributed by atoms with Gasteiger partial charge in [-0.2, -0.15) is 5.10 Å². The van der Waals surface area contributed by atoms with Gasteiger partial charge in [0.15, 0.2) is 0 Å². The third kappa shape index (κ3) is 2.82. The smallest absolute Gasteiger partial charge is 0.0736 e. The van der Waals surface area contributed by atoms with Crippen LogP contribution in [0, 0.1) is 5.92 Å². The first-order chi connectivity index (χ1) is 10.4. The molecule has 1 aliphatic heterocycles. The van der Waals surface area contributed by atoms with Crippen LogP contribution in [0.5, 0.6) is 0 Å². The number of hydrogen-bond acceptors (Lipinski definition) is 2. The SMILES string of the molecule is CC(C)CN1Cc2ccccc2-c2c(cnn2C(C)(C)C)C1. The highest BCUT2D eigenvalue weighted by molar-refractivity contribution is 5.68. The molecule has 0 fully saturated rings. The van der Waals surface area contributed by atoms with E-state index in [-0.39, 0.29) is 5.54 Å². The maximum Gasteiger partial charge on any atom is 0.0736 e. The summed E-state index contributed by atoms with van der Waals surface area (Å²) in [6.07, 6.45) is 2.07. The van der Waals surface area contributed by atoms with Crippen LogP contribution >= 0.6 is 0 Å². The van der Waals surface area contributed by atoms with Gasteiger partial charge in [0.25, 0.3) is 0 Å². The summed E-state index contributed by atoms with van der Waals surface area (Å²) in [5, 5.41) is 4.71. The zero-order valence-electron chi connectivity index (χ0n) is 14.4. The van der Waals surface area contributed by atoms with Gasteiger partial charge in [0, 0.05) is 30.8 Å². The van der Waals surface area contributed by atoms with Crippen LogP contribution in [0.25, 0.3) is 11.3 Å². The molecule has 2 aromatic rings. The zero-order chi connectivity index (χ0) is 15.9. The Morgan fingerprint density at radius 3 is 2.45 bits per heavy atom. The van der Waals surface area contributed by atoms with Gasteiger partial charge in [-0.05, 0) is 32.3 Å². The van der Waals surface area contributed by atoms with Crippen molar-refractivity contribution in [3.8, 4) is 11.3 Å². The summed E-state index contributed by atoms with van der Waals surface area (Å²) >= 11 is 0. The molecule has 0 atom stereocenters. The Bertz CT molecular complexity index is 662. The highest BCUT2D eigenvalue weighted by Crippen LogP contribution is 2.35. The lowest BCUT2D eigenvalue weighted by atomic mass is 10.0. The molecule has 0 spiro atoms. The van der Waals surface area contributed by atoms with E-state index in [1.807, 2.05) is 0 Å². The molecule has 0 unspecified atom stereocenters. The first-order valence-corrected chi connectivity index (χ1v) is 8.24. The highest BCUT2D eigenvalue weighted by Gasteiger charge is 2.27. The van der Waals surface area contributed by atoms with Crippen LogP contribution in [0.1, 0.15) is 45.7 Å². The summed E-state index contributed by atoms with van der Waals surface area (Å²) in [5.41, 5.74) is 5.40. The van der Waals surface area contributed by atoms with Crippen LogP contribution in [0.3, 0.4) is 0 Å². The third-order valence-electron chi connectivity index (χ3n) is 4.16. The average molecular weight is 297 g/mol. The number of benzene rings is 1. The first-order valence-electron chi connectivity index (χ1n) is 8.24. The van der Waals surface area contributed by atoms with Gasteiger partial charge in [-0.25, -0.2) is 0 Å². The van der Waals surface area contributed by atoms with Crippen molar-refractivity contribution in [2.24, 2.45) is 5.92 Å². The minimum Gasteiger partial charge on any atom is -0.294 e. The second-order valence-corrected chi connectivity index (χ2v) is 7.82. The van der Waals surface area contributed by atoms with Crippen LogP contribution in [0.2, 0.25) is 0 Å². The lowest BCUT2D eigenvalue weighted by molar-refractivity contribution is 0.230. The lowest BCUT2D eigenvalue weighted by Gasteiger charge is -2.23. The van der Waals surface area contributed by atoms with E-state index in [0.29, 0.717) is 5.92 Å². The summed E-state index contributed by atoms with van der Waals surface area (Å²) < 4.78 is 2.19. The topological polar surface area (TPSA) is 21.1 Å². The van der Waals surface area contributed by atoms with Crippen molar-refractivity contribution in [2.45, 2.75) is 53.2 Å². The number of nitrogens with zero attached hydrogens (tertiary/aromatic N) is 3. The molecular formula is C19H27N3. The van der Waals surface area contributed by atoms with Crippen LogP contribution in [0.4, 0.5) is 0 Å². The molecule has 1 aliphatic rings. The van der Waals surface area contributed by atoms with E-state index in [4.69, 9.17) is 5.10 Å². The minimum atomic E-state index is -0.00604. The molecule has 0 saturated carbocycles. The van der Waals surface area contributed by atoms with E-state index in [0.717, 1.165) is 19.6 Å². The molecule has 22 heavy (non-hydrogen) atoms. The van der Waals surface area contributed by atoms with Gasteiger partial charge < -0.3 is 0 Å². The molecule has 0 saturated heterocycles. The Labute approximate surface area is 133 Å². The molecular weight excluding hydrogens is 270 g/mol. The van der Waals surface area contributed by atoms with Gasteiger partial charge >= 0.3 is 0 Å². The van der Waals surface area contributed by atoms with Gasteiger partial charge in [-0.3, -0.25) is 9.58 Å². The van der Waals surface area contributed by atoms with Crippen LogP contribution in [-0.2, 0) is 18.6 Å². The summed E-state index contributed by atoms with van der Waals surface area (Å²) in [5.74, 6) is 0.673. The van der Waals surface area contributed by atoms with Crippen LogP contribution < -0.4 is 0 Å². The van der Waals surface area contributed by atoms with E-state index in [2.05, 4.69) is 74.7 Å². The molecule has 1 aromatic heterocycles. The lowest BCUT2D eigenvalue weighted by Crippen LogP contribution is -2.26. The van der Waals surface area contributed by atoms with Crippen molar-refractivity contribution in [1.82, 2.24) is 14.7 Å². The Kier molecular flexibility index (Phi) is 3.85. The molecule has 2 heterocycles. The summed E-state index contributed by atoms with van der Waals surface area (Å²) in [7, 11) is 0. The number of aromatic nitrogens is 2. The summed E-state index contributed by atoms with van der Waals surface area (Å²) in [4.78, 5) is 2.55. The molecule has 0 aliphatic carbocycles. The Balaban J connectivity index is 2.14. The van der Waals surface area contributed by atoms with E-state index >= 15 is 0 Å². The fraction of sp³-hybridized carbons (Fsp3) is 0.526. The number of fused-ring (bicyclic) bond motifs is 3. The predicted octanol–water partition coefficient (Wildman–Crippen LogP) is 4.28. The molecule has 3 rings (SSSR count). The molecule has 3 nitrogen and oxygen atoms in total. The quantitative estimate of drug-likeness (QED) is 0.825. The number of hydrogen-bond donors (Lipinski definition) is 0. The van der Waals surface area contributed by atoms with Crippen molar-refractivity contribution in [3.05, 3.63) is 41.6 Å². The van der Waals surface area contributed by atoms with E-state index < -0.39 is 0 Å². The van der Waals surface area contributed by atoms with Crippen LogP contribution in [-0.4, -0.2) is 21.2 Å². The monoisotopic (exact) mass is 297 g/mol. The maximum atomic E-state index is 4.71. The minimum absolute atomic E-state index is 0.00604. The fourth-order valence-electron chi connectivity index (χ4n) is 3.37. The Hall–Kier alpha value is -1.61. The second-order valence-electron chi connectivity index (χ2n) is 7.82. The first kappa shape index (κ1) is 15.3. The van der Waals surface area contributed by atoms with E-state index in [9.17, 15) is 0 Å². The van der Waals surface area contributed by atoms with Gasteiger partial charge in [-0.15, -0.1) is 0 Å². The predicted molar refractivity (Wildman–Crippen MR) is 91.6 cm³/mol. The second kappa shape index (κ2) is 5.54. The maximum absolute atomic E-state index is 4.71. The van der Waals surface area contributed by atoms with Gasteiger partial charge in [0.1, 0.15) is 0 Å². The normalized spacial score (nSPS) is 15.5. The van der Waals surface area contributed by atoms with Crippen molar-refractivity contribution < 1.29 is 0 Å². The average Bonchev–Trinajstić information content (AvgIpc) is 2.76.